The van der Waals surface area contributed by atoms with Gasteiger partial charge in [-0.2, -0.15) is 0 Å². The first-order chi connectivity index (χ1) is 8.19. The summed E-state index contributed by atoms with van der Waals surface area (Å²) in [6.45, 7) is 0. The van der Waals surface area contributed by atoms with Crippen LogP contribution in [0, 0.1) is 0 Å². The zero-order valence-electron chi connectivity index (χ0n) is 9.74. The molecule has 0 saturated carbocycles. The highest BCUT2D eigenvalue weighted by molar-refractivity contribution is 7.85. The summed E-state index contributed by atoms with van der Waals surface area (Å²) in [6.07, 6.45) is 1.86. The highest BCUT2D eigenvalue weighted by Gasteiger charge is 2.18. The van der Waals surface area contributed by atoms with Gasteiger partial charge in [-0.25, -0.2) is 0 Å². The number of rotatable bonds is 3. The van der Waals surface area contributed by atoms with Gasteiger partial charge in [-0.1, -0.05) is 11.6 Å². The van der Waals surface area contributed by atoms with E-state index < -0.39 is 10.8 Å². The molecule has 1 fully saturated rings. The van der Waals surface area contributed by atoms with E-state index >= 15 is 0 Å². The maximum atomic E-state index is 11.3. The number of halogens is 1. The summed E-state index contributed by atoms with van der Waals surface area (Å²) in [5.74, 6) is 2.34. The third-order valence-electron chi connectivity index (χ3n) is 2.92. The molecule has 0 bridgehead atoms. The van der Waals surface area contributed by atoms with Crippen LogP contribution >= 0.6 is 11.6 Å². The Morgan fingerprint density at radius 1 is 1.41 bits per heavy atom. The lowest BCUT2D eigenvalue weighted by Gasteiger charge is -2.24. The van der Waals surface area contributed by atoms with Crippen molar-refractivity contribution in [3.05, 3.63) is 23.2 Å². The third-order valence-corrected chi connectivity index (χ3v) is 4.63. The lowest BCUT2D eigenvalue weighted by molar-refractivity contribution is 0.415. The van der Waals surface area contributed by atoms with Gasteiger partial charge in [0.05, 0.1) is 17.8 Å². The van der Waals surface area contributed by atoms with E-state index in [9.17, 15) is 4.21 Å². The smallest absolute Gasteiger partial charge is 0.121 e. The van der Waals surface area contributed by atoms with Crippen molar-refractivity contribution in [3.8, 4) is 5.75 Å². The fourth-order valence-corrected chi connectivity index (χ4v) is 3.37. The van der Waals surface area contributed by atoms with Gasteiger partial charge in [0, 0.05) is 34.4 Å². The van der Waals surface area contributed by atoms with Gasteiger partial charge in [0.1, 0.15) is 5.75 Å². The molecule has 94 valence electrons. The van der Waals surface area contributed by atoms with Crippen molar-refractivity contribution in [2.75, 3.05) is 23.9 Å². The summed E-state index contributed by atoms with van der Waals surface area (Å²) in [5, 5.41) is 4.09. The first-order valence-electron chi connectivity index (χ1n) is 5.64. The van der Waals surface area contributed by atoms with Crippen LogP contribution in [0.4, 0.5) is 5.69 Å². The van der Waals surface area contributed by atoms with Crippen molar-refractivity contribution in [1.82, 2.24) is 0 Å². The Balaban J connectivity index is 2.04. The first-order valence-corrected chi connectivity index (χ1v) is 7.50. The summed E-state index contributed by atoms with van der Waals surface area (Å²) < 4.78 is 16.4. The summed E-state index contributed by atoms with van der Waals surface area (Å²) >= 11 is 6.12. The van der Waals surface area contributed by atoms with E-state index in [1.54, 1.807) is 7.11 Å². The van der Waals surface area contributed by atoms with Crippen LogP contribution in [0.1, 0.15) is 12.8 Å². The highest BCUT2D eigenvalue weighted by atomic mass is 35.5. The van der Waals surface area contributed by atoms with Crippen LogP contribution < -0.4 is 10.1 Å². The number of hydrogen-bond acceptors (Lipinski definition) is 3. The third kappa shape index (κ3) is 3.36. The predicted molar refractivity (Wildman–Crippen MR) is 72.5 cm³/mol. The van der Waals surface area contributed by atoms with Crippen molar-refractivity contribution >= 4 is 28.1 Å². The number of ether oxygens (including phenoxy) is 1. The molecular formula is C12H16ClNO2S. The molecule has 0 radical (unpaired) electrons. The molecular weight excluding hydrogens is 258 g/mol. The van der Waals surface area contributed by atoms with Crippen LogP contribution in [0.15, 0.2) is 18.2 Å². The maximum Gasteiger partial charge on any atom is 0.121 e. The largest absolute Gasteiger partial charge is 0.497 e. The summed E-state index contributed by atoms with van der Waals surface area (Å²) in [4.78, 5) is 0. The first kappa shape index (κ1) is 12.7. The van der Waals surface area contributed by atoms with E-state index in [0.717, 1.165) is 35.8 Å². The Hall–Kier alpha value is -0.740. The number of methoxy groups -OCH3 is 1. The quantitative estimate of drug-likeness (QED) is 0.920. The summed E-state index contributed by atoms with van der Waals surface area (Å²) in [6, 6.07) is 5.92. The Bertz CT molecular complexity index is 415. The molecule has 1 aliphatic rings. The topological polar surface area (TPSA) is 38.3 Å². The second kappa shape index (κ2) is 5.74. The fraction of sp³-hybridized carbons (Fsp3) is 0.500. The maximum absolute atomic E-state index is 11.3. The van der Waals surface area contributed by atoms with Gasteiger partial charge >= 0.3 is 0 Å². The van der Waals surface area contributed by atoms with Gasteiger partial charge in [0.25, 0.3) is 0 Å². The average molecular weight is 274 g/mol. The Morgan fingerprint density at radius 2 is 2.12 bits per heavy atom. The van der Waals surface area contributed by atoms with Gasteiger partial charge in [-0.15, -0.1) is 0 Å². The second-order valence-corrected chi connectivity index (χ2v) is 6.22. The van der Waals surface area contributed by atoms with Crippen LogP contribution in [0.25, 0.3) is 0 Å². The molecule has 1 aliphatic heterocycles. The molecule has 1 heterocycles. The predicted octanol–water partition coefficient (Wildman–Crippen LogP) is 2.67. The molecule has 3 nitrogen and oxygen atoms in total. The van der Waals surface area contributed by atoms with Crippen LogP contribution in [-0.4, -0.2) is 28.9 Å². The molecule has 0 aliphatic carbocycles. The molecule has 1 aromatic carbocycles. The van der Waals surface area contributed by atoms with E-state index in [1.807, 2.05) is 18.2 Å². The molecule has 1 N–H and O–H groups in total. The SMILES string of the molecule is COc1ccc(Cl)c(NC2CCS(=O)CC2)c1. The lowest BCUT2D eigenvalue weighted by atomic mass is 10.1. The summed E-state index contributed by atoms with van der Waals surface area (Å²) in [7, 11) is 1.01. The lowest BCUT2D eigenvalue weighted by Crippen LogP contribution is -2.29. The van der Waals surface area contributed by atoms with E-state index in [4.69, 9.17) is 16.3 Å². The highest BCUT2D eigenvalue weighted by Crippen LogP contribution is 2.28. The fourth-order valence-electron chi connectivity index (χ4n) is 1.90. The molecule has 0 aromatic heterocycles. The molecule has 17 heavy (non-hydrogen) atoms. The van der Waals surface area contributed by atoms with E-state index in [-0.39, 0.29) is 0 Å². The standard InChI is InChI=1S/C12H16ClNO2S/c1-16-10-2-3-11(13)12(8-10)14-9-4-6-17(15)7-5-9/h2-3,8-9,14H,4-7H2,1H3. The Kier molecular flexibility index (Phi) is 4.29. The minimum atomic E-state index is -0.628. The van der Waals surface area contributed by atoms with E-state index in [1.165, 1.54) is 0 Å². The molecule has 0 unspecified atom stereocenters. The Labute approximate surface area is 109 Å². The van der Waals surface area contributed by atoms with Crippen LogP contribution in [0.5, 0.6) is 5.75 Å². The number of benzene rings is 1. The van der Waals surface area contributed by atoms with Crippen molar-refractivity contribution in [1.29, 1.82) is 0 Å². The van der Waals surface area contributed by atoms with Crippen molar-refractivity contribution in [3.63, 3.8) is 0 Å². The minimum Gasteiger partial charge on any atom is -0.497 e. The van der Waals surface area contributed by atoms with Crippen molar-refractivity contribution in [2.24, 2.45) is 0 Å². The van der Waals surface area contributed by atoms with Gasteiger partial charge in [-0.05, 0) is 25.0 Å². The van der Waals surface area contributed by atoms with Crippen LogP contribution in [0.3, 0.4) is 0 Å². The zero-order valence-corrected chi connectivity index (χ0v) is 11.3. The van der Waals surface area contributed by atoms with Crippen molar-refractivity contribution in [2.45, 2.75) is 18.9 Å². The summed E-state index contributed by atoms with van der Waals surface area (Å²) in [5.41, 5.74) is 0.892. The average Bonchev–Trinajstić information content (AvgIpc) is 2.35. The van der Waals surface area contributed by atoms with Gasteiger partial charge in [-0.3, -0.25) is 4.21 Å². The number of nitrogens with one attached hydrogen (secondary N) is 1. The van der Waals surface area contributed by atoms with Gasteiger partial charge in [0.2, 0.25) is 0 Å². The van der Waals surface area contributed by atoms with Gasteiger partial charge in [0.15, 0.2) is 0 Å². The molecule has 2 rings (SSSR count). The molecule has 0 atom stereocenters. The molecule has 0 spiro atoms. The molecule has 1 aromatic rings. The van der Waals surface area contributed by atoms with Gasteiger partial charge < -0.3 is 10.1 Å². The number of anilines is 1. The monoisotopic (exact) mass is 273 g/mol. The second-order valence-electron chi connectivity index (χ2n) is 4.11. The van der Waals surface area contributed by atoms with E-state index in [0.29, 0.717) is 11.1 Å². The van der Waals surface area contributed by atoms with Crippen LogP contribution in [-0.2, 0) is 10.8 Å². The van der Waals surface area contributed by atoms with Crippen LogP contribution in [0.2, 0.25) is 5.02 Å². The normalized spacial score (nSPS) is 24.4. The minimum absolute atomic E-state index is 0.359. The molecule has 5 heteroatoms. The molecule has 1 saturated heterocycles. The number of hydrogen-bond donors (Lipinski definition) is 1. The zero-order chi connectivity index (χ0) is 12.3. The van der Waals surface area contributed by atoms with E-state index in [2.05, 4.69) is 5.32 Å². The Morgan fingerprint density at radius 3 is 2.76 bits per heavy atom. The van der Waals surface area contributed by atoms with Crippen molar-refractivity contribution < 1.29 is 8.95 Å². The molecule has 0 amide bonds.